The normalized spacial score (nSPS) is 25.2. The van der Waals surface area contributed by atoms with Crippen LogP contribution >= 0.6 is 11.6 Å². The summed E-state index contributed by atoms with van der Waals surface area (Å²) in [4.78, 5) is 2.38. The number of rotatable bonds is 3. The third-order valence-electron chi connectivity index (χ3n) is 11.8. The zero-order valence-electron chi connectivity index (χ0n) is 29.7. The van der Waals surface area contributed by atoms with Crippen LogP contribution in [0.5, 0.6) is 0 Å². The van der Waals surface area contributed by atoms with Crippen LogP contribution < -0.4 is 15.3 Å². The molecule has 0 saturated heterocycles. The van der Waals surface area contributed by atoms with Crippen LogP contribution in [0, 0.1) is 16.7 Å². The van der Waals surface area contributed by atoms with Gasteiger partial charge in [-0.1, -0.05) is 119 Å². The van der Waals surface area contributed by atoms with Gasteiger partial charge in [-0.25, -0.2) is 4.58 Å². The molecule has 3 aromatic rings. The van der Waals surface area contributed by atoms with Gasteiger partial charge in [0.05, 0.1) is 5.41 Å². The Bertz CT molecular complexity index is 2090. The molecule has 47 heavy (non-hydrogen) atoms. The zero-order valence-corrected chi connectivity index (χ0v) is 30.5. The highest BCUT2D eigenvalue weighted by Crippen LogP contribution is 2.51. The highest BCUT2D eigenvalue weighted by Gasteiger charge is 2.49. The summed E-state index contributed by atoms with van der Waals surface area (Å²) in [5, 5.41) is 6.32. The zero-order chi connectivity index (χ0) is 33.5. The average Bonchev–Trinajstić information content (AvgIpc) is 3.36. The van der Waals surface area contributed by atoms with E-state index in [-0.39, 0.29) is 16.2 Å². The summed E-state index contributed by atoms with van der Waals surface area (Å²) in [7, 11) is 4.48. The van der Waals surface area contributed by atoms with E-state index >= 15 is 0 Å². The summed E-state index contributed by atoms with van der Waals surface area (Å²) in [5.74, 6) is 0.502. The summed E-state index contributed by atoms with van der Waals surface area (Å²) in [5.41, 5.74) is 9.38. The van der Waals surface area contributed by atoms with Crippen LogP contribution in [0.3, 0.4) is 0 Å². The van der Waals surface area contributed by atoms with Crippen LogP contribution in [0.15, 0.2) is 107 Å². The van der Waals surface area contributed by atoms with E-state index in [0.717, 1.165) is 24.3 Å². The molecule has 2 atom stereocenters. The number of anilines is 1. The van der Waals surface area contributed by atoms with Gasteiger partial charge >= 0.3 is 0 Å². The lowest BCUT2D eigenvalue weighted by atomic mass is 9.70. The van der Waals surface area contributed by atoms with Crippen LogP contribution in [0.1, 0.15) is 73.3 Å². The van der Waals surface area contributed by atoms with Crippen LogP contribution in [-0.2, 0) is 5.41 Å². The van der Waals surface area contributed by atoms with E-state index in [1.165, 1.54) is 55.0 Å². The molecule has 2 aliphatic carbocycles. The number of nitrogens with zero attached hydrogens (tertiary/aromatic N) is 2. The van der Waals surface area contributed by atoms with Gasteiger partial charge in [0.1, 0.15) is 7.05 Å². The first kappa shape index (κ1) is 32.0. The van der Waals surface area contributed by atoms with E-state index in [1.54, 1.807) is 5.57 Å². The Morgan fingerprint density at radius 2 is 1.60 bits per heavy atom. The lowest BCUT2D eigenvalue weighted by Crippen LogP contribution is -2.39. The Labute approximate surface area is 286 Å². The SMILES string of the molecule is CN1/C(=C/C=C2\CC(C(C)(C)C)CC(/C=C/C3=[N+](C)C4CC=c5ccccc5=C4C3(C)C)=C2Cl)C(C)(C)c2c1ccc1ccccc21. The van der Waals surface area contributed by atoms with Gasteiger partial charge in [-0.3, -0.25) is 0 Å². The first-order valence-corrected chi connectivity index (χ1v) is 17.7. The fraction of sp³-hybridized carbons (Fsp3) is 0.386. The van der Waals surface area contributed by atoms with Gasteiger partial charge < -0.3 is 4.90 Å². The fourth-order valence-corrected chi connectivity index (χ4v) is 9.35. The van der Waals surface area contributed by atoms with Crippen molar-refractivity contribution in [2.24, 2.45) is 16.7 Å². The van der Waals surface area contributed by atoms with E-state index in [2.05, 4.69) is 163 Å². The van der Waals surface area contributed by atoms with Crippen molar-refractivity contribution in [2.45, 2.75) is 79.2 Å². The Hall–Kier alpha value is -3.62. The van der Waals surface area contributed by atoms with Crippen molar-refractivity contribution >= 4 is 45.4 Å². The summed E-state index contributed by atoms with van der Waals surface area (Å²) in [6, 6.07) is 22.6. The lowest BCUT2D eigenvalue weighted by Gasteiger charge is -2.35. The maximum Gasteiger partial charge on any atom is 0.186 e. The van der Waals surface area contributed by atoms with Crippen molar-refractivity contribution < 1.29 is 4.58 Å². The molecule has 0 fully saturated rings. The molecule has 0 amide bonds. The van der Waals surface area contributed by atoms with Crippen LogP contribution in [0.2, 0.25) is 0 Å². The standard InChI is InChI=1S/C44H50ClN2/c1-42(2,3)32-26-30(20-24-37-43(4,5)39-33-16-12-10-14-28(33)18-22-35(39)46(37)8)41(45)31(27-32)21-25-38-44(6,7)40-34-17-13-11-15-29(34)19-23-36(40)47(38)9/h10-22,24-25,32,36H,23,26-27H2,1-9H3/q+1. The van der Waals surface area contributed by atoms with Gasteiger partial charge in [0.15, 0.2) is 11.8 Å². The smallest absolute Gasteiger partial charge is 0.186 e. The largest absolute Gasteiger partial charge is 0.347 e. The molecule has 0 bridgehead atoms. The third-order valence-corrected chi connectivity index (χ3v) is 12.3. The molecule has 2 unspecified atom stereocenters. The van der Waals surface area contributed by atoms with E-state index in [9.17, 15) is 0 Å². The maximum absolute atomic E-state index is 7.39. The molecular formula is C44H50ClN2+. The van der Waals surface area contributed by atoms with Gasteiger partial charge in [0, 0.05) is 46.9 Å². The van der Waals surface area contributed by atoms with Gasteiger partial charge in [-0.2, -0.15) is 0 Å². The summed E-state index contributed by atoms with van der Waals surface area (Å²) >= 11 is 7.39. The Kier molecular flexibility index (Phi) is 7.64. The van der Waals surface area contributed by atoms with E-state index in [0.29, 0.717) is 12.0 Å². The Morgan fingerprint density at radius 3 is 2.36 bits per heavy atom. The molecule has 2 aliphatic heterocycles. The predicted octanol–water partition coefficient (Wildman–Crippen LogP) is 9.41. The highest BCUT2D eigenvalue weighted by atomic mass is 35.5. The Balaban J connectivity index is 1.28. The Morgan fingerprint density at radius 1 is 0.872 bits per heavy atom. The lowest BCUT2D eigenvalue weighted by molar-refractivity contribution is -0.515. The molecule has 3 aromatic carbocycles. The summed E-state index contributed by atoms with van der Waals surface area (Å²) in [6.07, 6.45) is 14.8. The minimum Gasteiger partial charge on any atom is -0.347 e. The number of benzene rings is 3. The van der Waals surface area contributed by atoms with Crippen LogP contribution in [0.25, 0.3) is 22.4 Å². The van der Waals surface area contributed by atoms with Crippen molar-refractivity contribution in [1.82, 2.24) is 0 Å². The average molecular weight is 642 g/mol. The summed E-state index contributed by atoms with van der Waals surface area (Å²) in [6.45, 7) is 16.6. The molecule has 7 rings (SSSR count). The number of likely N-dealkylation sites (N-methyl/N-ethyl adjacent to an activating group) is 1. The molecule has 0 aromatic heterocycles. The molecule has 2 nitrogen and oxygen atoms in total. The number of hydrogen-bond acceptors (Lipinski definition) is 1. The monoisotopic (exact) mass is 641 g/mol. The molecule has 0 saturated carbocycles. The van der Waals surface area contributed by atoms with E-state index in [1.807, 2.05) is 0 Å². The highest BCUT2D eigenvalue weighted by molar-refractivity contribution is 6.32. The van der Waals surface area contributed by atoms with E-state index in [4.69, 9.17) is 11.6 Å². The fourth-order valence-electron chi connectivity index (χ4n) is 9.07. The van der Waals surface area contributed by atoms with Crippen molar-refractivity contribution in [3.63, 3.8) is 0 Å². The minimum atomic E-state index is -0.126. The number of halogens is 1. The topological polar surface area (TPSA) is 6.25 Å². The summed E-state index contributed by atoms with van der Waals surface area (Å²) < 4.78 is 2.51. The van der Waals surface area contributed by atoms with Crippen molar-refractivity contribution in [2.75, 3.05) is 19.0 Å². The molecule has 0 radical (unpaired) electrons. The molecular weight excluding hydrogens is 592 g/mol. The van der Waals surface area contributed by atoms with Crippen molar-refractivity contribution in [1.29, 1.82) is 0 Å². The third kappa shape index (κ3) is 5.10. The van der Waals surface area contributed by atoms with Crippen molar-refractivity contribution in [3.05, 3.63) is 123 Å². The minimum absolute atomic E-state index is 0.0632. The van der Waals surface area contributed by atoms with Gasteiger partial charge in [-0.05, 0) is 88.1 Å². The number of fused-ring (bicyclic) bond motifs is 5. The molecule has 242 valence electrons. The second kappa shape index (κ2) is 11.2. The molecule has 4 aliphatic rings. The van der Waals surface area contributed by atoms with Gasteiger partial charge in [0.25, 0.3) is 0 Å². The van der Waals surface area contributed by atoms with Gasteiger partial charge in [0.2, 0.25) is 0 Å². The number of allylic oxidation sites excluding steroid dienone is 8. The second-order valence-corrected chi connectivity index (χ2v) is 16.7. The first-order chi connectivity index (χ1) is 22.2. The van der Waals surface area contributed by atoms with E-state index < -0.39 is 0 Å². The maximum atomic E-state index is 7.39. The molecule has 3 heteroatoms. The first-order valence-electron chi connectivity index (χ1n) is 17.4. The van der Waals surface area contributed by atoms with Gasteiger partial charge in [-0.15, -0.1) is 0 Å². The number of hydrogen-bond donors (Lipinski definition) is 0. The van der Waals surface area contributed by atoms with Crippen molar-refractivity contribution in [3.8, 4) is 0 Å². The second-order valence-electron chi connectivity index (χ2n) is 16.3. The molecule has 0 spiro atoms. The molecule has 2 heterocycles. The molecule has 0 N–H and O–H groups in total. The van der Waals surface area contributed by atoms with Crippen LogP contribution in [0.4, 0.5) is 5.69 Å². The predicted molar refractivity (Wildman–Crippen MR) is 203 cm³/mol. The quantitative estimate of drug-likeness (QED) is 0.258. The van der Waals surface area contributed by atoms with Crippen LogP contribution in [-0.4, -0.2) is 30.4 Å².